The van der Waals surface area contributed by atoms with E-state index in [0.717, 1.165) is 24.8 Å². The van der Waals surface area contributed by atoms with Crippen LogP contribution < -0.4 is 22.4 Å². The summed E-state index contributed by atoms with van der Waals surface area (Å²) in [6, 6.07) is 7.50. The quantitative estimate of drug-likeness (QED) is 0.641. The molecule has 1 atom stereocenters. The lowest BCUT2D eigenvalue weighted by Gasteiger charge is -2.18. The third-order valence-corrected chi connectivity index (χ3v) is 4.53. The van der Waals surface area contributed by atoms with E-state index in [1.807, 2.05) is 38.1 Å². The summed E-state index contributed by atoms with van der Waals surface area (Å²) in [5, 5.41) is 2.85. The Morgan fingerprint density at radius 2 is 1.45 bits per heavy atom. The van der Waals surface area contributed by atoms with Crippen molar-refractivity contribution < 1.29 is 4.79 Å². The summed E-state index contributed by atoms with van der Waals surface area (Å²) in [5.41, 5.74) is -0.423. The standard InChI is InChI=1S/C21H26N4O4/c1-5-12-23-19(27)24(13-6-2)21(29)25(20(23)28)14-18(26)22-17(7-3)16-10-8-15(4)9-11-16/h5-6,8-11,17H,1-2,7,12-14H2,3-4H3,(H,22,26)/t17-/m1/s1. The van der Waals surface area contributed by atoms with Gasteiger partial charge in [0.05, 0.1) is 19.1 Å². The second-order valence-corrected chi connectivity index (χ2v) is 6.67. The number of hydrogen-bond acceptors (Lipinski definition) is 4. The number of nitrogens with one attached hydrogen (secondary N) is 1. The van der Waals surface area contributed by atoms with E-state index in [4.69, 9.17) is 0 Å². The van der Waals surface area contributed by atoms with Crippen molar-refractivity contribution in [3.05, 3.63) is 92.2 Å². The molecule has 0 aliphatic heterocycles. The summed E-state index contributed by atoms with van der Waals surface area (Å²) >= 11 is 0. The Morgan fingerprint density at radius 3 is 1.90 bits per heavy atom. The summed E-state index contributed by atoms with van der Waals surface area (Å²) < 4.78 is 2.48. The van der Waals surface area contributed by atoms with E-state index in [1.54, 1.807) is 0 Å². The summed E-state index contributed by atoms with van der Waals surface area (Å²) in [7, 11) is 0. The average molecular weight is 398 g/mol. The normalized spacial score (nSPS) is 11.7. The molecule has 1 aromatic carbocycles. The maximum Gasteiger partial charge on any atom is 0.337 e. The molecule has 0 saturated carbocycles. The van der Waals surface area contributed by atoms with Crippen LogP contribution >= 0.6 is 0 Å². The first kappa shape index (κ1) is 21.9. The summed E-state index contributed by atoms with van der Waals surface area (Å²) in [6.45, 7) is 10.3. The van der Waals surface area contributed by atoms with Crippen LogP contribution in [0.1, 0.15) is 30.5 Å². The average Bonchev–Trinajstić information content (AvgIpc) is 2.70. The molecule has 1 heterocycles. The number of benzene rings is 1. The van der Waals surface area contributed by atoms with E-state index < -0.39 is 29.5 Å². The summed E-state index contributed by atoms with van der Waals surface area (Å²) in [5.74, 6) is -0.495. The van der Waals surface area contributed by atoms with E-state index >= 15 is 0 Å². The molecule has 1 amide bonds. The smallest absolute Gasteiger partial charge is 0.337 e. The van der Waals surface area contributed by atoms with Crippen LogP contribution in [0.3, 0.4) is 0 Å². The first-order valence-electron chi connectivity index (χ1n) is 9.36. The molecule has 2 aromatic rings. The SMILES string of the molecule is C=CCn1c(=O)n(CC=C)c(=O)n(CC(=O)N[C@H](CC)c2ccc(C)cc2)c1=O. The zero-order chi connectivity index (χ0) is 21.6. The topological polar surface area (TPSA) is 95.1 Å². The molecule has 0 spiro atoms. The van der Waals surface area contributed by atoms with Gasteiger partial charge in [0.1, 0.15) is 6.54 Å². The minimum atomic E-state index is -0.848. The van der Waals surface area contributed by atoms with Gasteiger partial charge in [-0.15, -0.1) is 13.2 Å². The molecule has 1 N–H and O–H groups in total. The van der Waals surface area contributed by atoms with Crippen LogP contribution in [-0.4, -0.2) is 19.6 Å². The molecule has 0 fully saturated rings. The van der Waals surface area contributed by atoms with Gasteiger partial charge in [0.15, 0.2) is 0 Å². The van der Waals surface area contributed by atoms with Gasteiger partial charge in [0, 0.05) is 0 Å². The van der Waals surface area contributed by atoms with E-state index in [9.17, 15) is 19.2 Å². The molecule has 1 aromatic heterocycles. The van der Waals surface area contributed by atoms with Gasteiger partial charge < -0.3 is 5.32 Å². The van der Waals surface area contributed by atoms with Crippen LogP contribution in [0.25, 0.3) is 0 Å². The van der Waals surface area contributed by atoms with Crippen LogP contribution in [0.2, 0.25) is 0 Å². The fraction of sp³-hybridized carbons (Fsp3) is 0.333. The predicted molar refractivity (Wildman–Crippen MR) is 112 cm³/mol. The van der Waals surface area contributed by atoms with Crippen molar-refractivity contribution in [2.75, 3.05) is 0 Å². The van der Waals surface area contributed by atoms with E-state index in [2.05, 4.69) is 18.5 Å². The van der Waals surface area contributed by atoms with E-state index in [1.165, 1.54) is 12.2 Å². The van der Waals surface area contributed by atoms with Crippen molar-refractivity contribution in [2.24, 2.45) is 0 Å². The highest BCUT2D eigenvalue weighted by atomic mass is 16.2. The van der Waals surface area contributed by atoms with Crippen molar-refractivity contribution >= 4 is 5.91 Å². The number of carbonyl (C=O) groups excluding carboxylic acids is 1. The van der Waals surface area contributed by atoms with E-state index in [0.29, 0.717) is 6.42 Å². The van der Waals surface area contributed by atoms with Gasteiger partial charge in [0.2, 0.25) is 5.91 Å². The zero-order valence-corrected chi connectivity index (χ0v) is 16.8. The van der Waals surface area contributed by atoms with Gasteiger partial charge >= 0.3 is 17.1 Å². The summed E-state index contributed by atoms with van der Waals surface area (Å²) in [4.78, 5) is 50.2. The molecule has 29 heavy (non-hydrogen) atoms. The number of rotatable bonds is 9. The van der Waals surface area contributed by atoms with Gasteiger partial charge in [-0.3, -0.25) is 4.79 Å². The molecule has 0 aliphatic rings. The molecule has 8 nitrogen and oxygen atoms in total. The molecule has 0 saturated heterocycles. The lowest BCUT2D eigenvalue weighted by Crippen LogP contribution is -2.55. The fourth-order valence-corrected chi connectivity index (χ4v) is 2.99. The number of amides is 1. The molecule has 0 bridgehead atoms. The first-order valence-corrected chi connectivity index (χ1v) is 9.36. The lowest BCUT2D eigenvalue weighted by atomic mass is 10.0. The summed E-state index contributed by atoms with van der Waals surface area (Å²) in [6.07, 6.45) is 3.39. The van der Waals surface area contributed by atoms with Gasteiger partial charge in [-0.2, -0.15) is 0 Å². The Bertz CT molecular complexity index is 1030. The minimum absolute atomic E-state index is 0.0718. The van der Waals surface area contributed by atoms with E-state index in [-0.39, 0.29) is 19.1 Å². The van der Waals surface area contributed by atoms with Crippen molar-refractivity contribution in [3.63, 3.8) is 0 Å². The molecular formula is C21H26N4O4. The van der Waals surface area contributed by atoms with Crippen LogP contribution in [0.15, 0.2) is 64.0 Å². The highest BCUT2D eigenvalue weighted by molar-refractivity contribution is 5.76. The molecule has 0 radical (unpaired) electrons. The second-order valence-electron chi connectivity index (χ2n) is 6.67. The van der Waals surface area contributed by atoms with Crippen LogP contribution in [0.5, 0.6) is 0 Å². The van der Waals surface area contributed by atoms with Crippen molar-refractivity contribution in [3.8, 4) is 0 Å². The largest absolute Gasteiger partial charge is 0.348 e. The minimum Gasteiger partial charge on any atom is -0.348 e. The molecule has 154 valence electrons. The van der Waals surface area contributed by atoms with Crippen LogP contribution in [-0.2, 0) is 24.4 Å². The maximum absolute atomic E-state index is 12.6. The van der Waals surface area contributed by atoms with Gasteiger partial charge in [-0.1, -0.05) is 48.9 Å². The molecule has 0 aliphatic carbocycles. The van der Waals surface area contributed by atoms with Gasteiger partial charge in [-0.25, -0.2) is 28.1 Å². The van der Waals surface area contributed by atoms with Gasteiger partial charge in [0.25, 0.3) is 0 Å². The van der Waals surface area contributed by atoms with Crippen molar-refractivity contribution in [1.82, 2.24) is 19.0 Å². The number of aromatic nitrogens is 3. The monoisotopic (exact) mass is 398 g/mol. The maximum atomic E-state index is 12.6. The van der Waals surface area contributed by atoms with Gasteiger partial charge in [-0.05, 0) is 18.9 Å². The second kappa shape index (κ2) is 9.68. The van der Waals surface area contributed by atoms with Crippen molar-refractivity contribution in [1.29, 1.82) is 0 Å². The Hall–Kier alpha value is -3.42. The van der Waals surface area contributed by atoms with Crippen LogP contribution in [0, 0.1) is 6.92 Å². The molecule has 2 rings (SSSR count). The predicted octanol–water partition coefficient (Wildman–Crippen LogP) is 1.12. The number of allylic oxidation sites excluding steroid dienone is 2. The third-order valence-electron chi connectivity index (χ3n) is 4.53. The Labute approximate surface area is 168 Å². The number of carbonyl (C=O) groups is 1. The van der Waals surface area contributed by atoms with Crippen molar-refractivity contribution in [2.45, 2.75) is 45.9 Å². The molecule has 8 heteroatoms. The number of nitrogens with zero attached hydrogens (tertiary/aromatic N) is 3. The third kappa shape index (κ3) is 4.90. The highest BCUT2D eigenvalue weighted by Gasteiger charge is 2.18. The lowest BCUT2D eigenvalue weighted by molar-refractivity contribution is -0.122. The first-order chi connectivity index (χ1) is 13.8. The Balaban J connectivity index is 2.38. The molecule has 0 unspecified atom stereocenters. The Kier molecular flexibility index (Phi) is 7.30. The highest BCUT2D eigenvalue weighted by Crippen LogP contribution is 2.16. The Morgan fingerprint density at radius 1 is 0.966 bits per heavy atom. The number of hydrogen-bond donors (Lipinski definition) is 1. The zero-order valence-electron chi connectivity index (χ0n) is 16.8. The molecular weight excluding hydrogens is 372 g/mol. The number of aryl methyl sites for hydroxylation is 1. The fourth-order valence-electron chi connectivity index (χ4n) is 2.99. The van der Waals surface area contributed by atoms with Crippen LogP contribution in [0.4, 0.5) is 0 Å².